The fraction of sp³-hybridized carbons (Fsp3) is 0. The van der Waals surface area contributed by atoms with E-state index in [-0.39, 0.29) is 0 Å². The highest BCUT2D eigenvalue weighted by molar-refractivity contribution is 6.30. The molecule has 0 saturated heterocycles. The van der Waals surface area contributed by atoms with Crippen LogP contribution in [-0.4, -0.2) is 6.21 Å². The molecule has 0 saturated carbocycles. The normalized spacial score (nSPS) is 11.1. The summed E-state index contributed by atoms with van der Waals surface area (Å²) in [5.41, 5.74) is 4.89. The van der Waals surface area contributed by atoms with Crippen LogP contribution in [0.15, 0.2) is 71.8 Å². The zero-order valence-electron chi connectivity index (χ0n) is 10.8. The van der Waals surface area contributed by atoms with E-state index in [1.165, 1.54) is 10.8 Å². The molecule has 0 bridgehead atoms. The summed E-state index contributed by atoms with van der Waals surface area (Å²) >= 11 is 5.91. The van der Waals surface area contributed by atoms with Crippen molar-refractivity contribution in [1.29, 1.82) is 0 Å². The summed E-state index contributed by atoms with van der Waals surface area (Å²) in [6.45, 7) is 0. The Kier molecular flexibility index (Phi) is 3.66. The number of benzene rings is 3. The van der Waals surface area contributed by atoms with Crippen molar-refractivity contribution in [2.24, 2.45) is 5.10 Å². The summed E-state index contributed by atoms with van der Waals surface area (Å²) in [5.74, 6) is 0. The standard InChI is InChI=1S/C17H13ClN2/c18-16-6-3-7-17(11-16)20-19-12-13-8-9-14-4-1-2-5-15(14)10-13/h1-12,20H/b19-12-. The summed E-state index contributed by atoms with van der Waals surface area (Å²) in [4.78, 5) is 0. The molecule has 3 heteroatoms. The van der Waals surface area contributed by atoms with Crippen molar-refractivity contribution in [1.82, 2.24) is 0 Å². The SMILES string of the molecule is Clc1cccc(N/N=C\c2ccc3ccccc3c2)c1. The number of hydrogen-bond donors (Lipinski definition) is 1. The number of anilines is 1. The van der Waals surface area contributed by atoms with Crippen LogP contribution in [0.4, 0.5) is 5.69 Å². The molecule has 2 nitrogen and oxygen atoms in total. The summed E-state index contributed by atoms with van der Waals surface area (Å²) in [6.07, 6.45) is 1.80. The predicted octanol–water partition coefficient (Wildman–Crippen LogP) is 4.94. The molecule has 0 aliphatic heterocycles. The van der Waals surface area contributed by atoms with E-state index in [0.29, 0.717) is 5.02 Å². The largest absolute Gasteiger partial charge is 0.278 e. The van der Waals surface area contributed by atoms with Gasteiger partial charge in [-0.1, -0.05) is 54.1 Å². The Morgan fingerprint density at radius 2 is 1.70 bits per heavy atom. The van der Waals surface area contributed by atoms with Gasteiger partial charge in [-0.2, -0.15) is 5.10 Å². The van der Waals surface area contributed by atoms with Crippen LogP contribution in [0.1, 0.15) is 5.56 Å². The number of nitrogens with one attached hydrogen (secondary N) is 1. The summed E-state index contributed by atoms with van der Waals surface area (Å²) in [7, 11) is 0. The number of hydrogen-bond acceptors (Lipinski definition) is 2. The van der Waals surface area contributed by atoms with E-state index in [4.69, 9.17) is 11.6 Å². The molecule has 0 aliphatic carbocycles. The predicted molar refractivity (Wildman–Crippen MR) is 86.6 cm³/mol. The van der Waals surface area contributed by atoms with E-state index < -0.39 is 0 Å². The Morgan fingerprint density at radius 1 is 0.850 bits per heavy atom. The maximum Gasteiger partial charge on any atom is 0.0576 e. The molecule has 0 aromatic heterocycles. The molecule has 0 radical (unpaired) electrons. The first-order chi connectivity index (χ1) is 9.81. The van der Waals surface area contributed by atoms with Gasteiger partial charge in [-0.05, 0) is 40.6 Å². The zero-order valence-corrected chi connectivity index (χ0v) is 11.5. The lowest BCUT2D eigenvalue weighted by atomic mass is 10.1. The van der Waals surface area contributed by atoms with Crippen LogP contribution in [0.5, 0.6) is 0 Å². The molecule has 0 unspecified atom stereocenters. The lowest BCUT2D eigenvalue weighted by Gasteiger charge is -2.01. The van der Waals surface area contributed by atoms with E-state index in [1.54, 1.807) is 6.21 Å². The second kappa shape index (κ2) is 5.76. The van der Waals surface area contributed by atoms with Crippen molar-refractivity contribution < 1.29 is 0 Å². The van der Waals surface area contributed by atoms with Crippen LogP contribution < -0.4 is 5.43 Å². The summed E-state index contributed by atoms with van der Waals surface area (Å²) in [5, 5.41) is 7.35. The fourth-order valence-electron chi connectivity index (χ4n) is 2.03. The van der Waals surface area contributed by atoms with Gasteiger partial charge >= 0.3 is 0 Å². The highest BCUT2D eigenvalue weighted by atomic mass is 35.5. The van der Waals surface area contributed by atoms with Crippen LogP contribution in [0.2, 0.25) is 5.02 Å². The molecule has 3 rings (SSSR count). The topological polar surface area (TPSA) is 24.4 Å². The molecule has 0 spiro atoms. The van der Waals surface area contributed by atoms with Crippen LogP contribution in [0.25, 0.3) is 10.8 Å². The van der Waals surface area contributed by atoms with Gasteiger partial charge in [0.25, 0.3) is 0 Å². The second-order valence-corrected chi connectivity index (χ2v) is 4.92. The Labute approximate surface area is 122 Å². The zero-order chi connectivity index (χ0) is 13.8. The molecular weight excluding hydrogens is 268 g/mol. The summed E-state index contributed by atoms with van der Waals surface area (Å²) < 4.78 is 0. The third-order valence-corrected chi connectivity index (χ3v) is 3.24. The number of hydrazone groups is 1. The number of halogens is 1. The van der Waals surface area contributed by atoms with Crippen LogP contribution >= 0.6 is 11.6 Å². The average molecular weight is 281 g/mol. The van der Waals surface area contributed by atoms with Gasteiger partial charge in [0, 0.05) is 5.02 Å². The van der Waals surface area contributed by atoms with Gasteiger partial charge in [0.15, 0.2) is 0 Å². The van der Waals surface area contributed by atoms with Crippen molar-refractivity contribution in [3.8, 4) is 0 Å². The van der Waals surface area contributed by atoms with Gasteiger partial charge in [-0.3, -0.25) is 5.43 Å². The lowest BCUT2D eigenvalue weighted by molar-refractivity contribution is 1.35. The molecule has 0 atom stereocenters. The van der Waals surface area contributed by atoms with Gasteiger partial charge in [0.1, 0.15) is 0 Å². The van der Waals surface area contributed by atoms with Crippen molar-refractivity contribution in [3.63, 3.8) is 0 Å². The van der Waals surface area contributed by atoms with Crippen molar-refractivity contribution in [3.05, 3.63) is 77.3 Å². The average Bonchev–Trinajstić information content (AvgIpc) is 2.47. The number of nitrogens with zero attached hydrogens (tertiary/aromatic N) is 1. The molecule has 3 aromatic rings. The maximum absolute atomic E-state index is 5.91. The Bertz CT molecular complexity index is 766. The Morgan fingerprint density at radius 3 is 2.55 bits per heavy atom. The van der Waals surface area contributed by atoms with Crippen molar-refractivity contribution in [2.75, 3.05) is 5.43 Å². The van der Waals surface area contributed by atoms with E-state index in [0.717, 1.165) is 11.3 Å². The van der Waals surface area contributed by atoms with E-state index in [1.807, 2.05) is 42.5 Å². The minimum atomic E-state index is 0.691. The first-order valence-electron chi connectivity index (χ1n) is 6.35. The van der Waals surface area contributed by atoms with Gasteiger partial charge in [0.2, 0.25) is 0 Å². The maximum atomic E-state index is 5.91. The summed E-state index contributed by atoms with van der Waals surface area (Å²) in [6, 6.07) is 22.0. The molecule has 0 aliphatic rings. The molecule has 0 amide bonds. The van der Waals surface area contributed by atoms with E-state index >= 15 is 0 Å². The van der Waals surface area contributed by atoms with Gasteiger partial charge < -0.3 is 0 Å². The minimum absolute atomic E-state index is 0.691. The minimum Gasteiger partial charge on any atom is -0.278 e. The molecule has 20 heavy (non-hydrogen) atoms. The number of fused-ring (bicyclic) bond motifs is 1. The molecule has 1 N–H and O–H groups in total. The van der Waals surface area contributed by atoms with Crippen molar-refractivity contribution >= 4 is 34.3 Å². The van der Waals surface area contributed by atoms with Gasteiger partial charge in [-0.15, -0.1) is 0 Å². The lowest BCUT2D eigenvalue weighted by Crippen LogP contribution is -1.90. The molecule has 98 valence electrons. The van der Waals surface area contributed by atoms with Crippen molar-refractivity contribution in [2.45, 2.75) is 0 Å². The molecule has 0 heterocycles. The molecule has 3 aromatic carbocycles. The number of rotatable bonds is 3. The van der Waals surface area contributed by atoms with E-state index in [9.17, 15) is 0 Å². The molecular formula is C17H13ClN2. The van der Waals surface area contributed by atoms with E-state index in [2.05, 4.69) is 34.8 Å². The quantitative estimate of drug-likeness (QED) is 0.533. The van der Waals surface area contributed by atoms with Crippen LogP contribution in [0.3, 0.4) is 0 Å². The third-order valence-electron chi connectivity index (χ3n) is 3.01. The van der Waals surface area contributed by atoms with Gasteiger partial charge in [0.05, 0.1) is 11.9 Å². The highest BCUT2D eigenvalue weighted by Crippen LogP contribution is 2.16. The third kappa shape index (κ3) is 2.98. The Balaban J connectivity index is 1.77. The Hall–Kier alpha value is -2.32. The smallest absolute Gasteiger partial charge is 0.0576 e. The molecule has 0 fully saturated rings. The first kappa shape index (κ1) is 12.7. The van der Waals surface area contributed by atoms with Gasteiger partial charge in [-0.25, -0.2) is 0 Å². The van der Waals surface area contributed by atoms with Crippen LogP contribution in [-0.2, 0) is 0 Å². The second-order valence-electron chi connectivity index (χ2n) is 4.49. The van der Waals surface area contributed by atoms with Crippen LogP contribution in [0, 0.1) is 0 Å². The first-order valence-corrected chi connectivity index (χ1v) is 6.72. The monoisotopic (exact) mass is 280 g/mol. The fourth-order valence-corrected chi connectivity index (χ4v) is 2.22. The highest BCUT2D eigenvalue weighted by Gasteiger charge is 1.94.